The highest BCUT2D eigenvalue weighted by Crippen LogP contribution is 2.30. The summed E-state index contributed by atoms with van der Waals surface area (Å²) in [6.45, 7) is 6.47. The van der Waals surface area contributed by atoms with Crippen LogP contribution in [0, 0.1) is 17.8 Å². The Morgan fingerprint density at radius 1 is 1.31 bits per heavy atom. The van der Waals surface area contributed by atoms with E-state index in [9.17, 15) is 4.79 Å². The fraction of sp³-hybridized carbons (Fsp3) is 0.917. The fourth-order valence-electron chi connectivity index (χ4n) is 2.15. The van der Waals surface area contributed by atoms with E-state index >= 15 is 0 Å². The van der Waals surface area contributed by atoms with Crippen molar-refractivity contribution in [3.8, 4) is 0 Å². The van der Waals surface area contributed by atoms with Crippen molar-refractivity contribution in [1.82, 2.24) is 0 Å². The van der Waals surface area contributed by atoms with E-state index in [4.69, 9.17) is 0 Å². The van der Waals surface area contributed by atoms with Crippen molar-refractivity contribution in [3.63, 3.8) is 0 Å². The Hall–Kier alpha value is -0.330. The molecule has 0 radical (unpaired) electrons. The van der Waals surface area contributed by atoms with Crippen LogP contribution in [0.3, 0.4) is 0 Å². The Morgan fingerprint density at radius 3 is 2.31 bits per heavy atom. The second-order valence-corrected chi connectivity index (χ2v) is 4.67. The summed E-state index contributed by atoms with van der Waals surface area (Å²) in [6.07, 6.45) is 5.80. The third kappa shape index (κ3) is 2.82. The second-order valence-electron chi connectivity index (χ2n) is 4.67. The van der Waals surface area contributed by atoms with E-state index in [0.29, 0.717) is 17.6 Å². The molecule has 76 valence electrons. The van der Waals surface area contributed by atoms with Crippen LogP contribution in [0.15, 0.2) is 0 Å². The minimum absolute atomic E-state index is 0.290. The normalized spacial score (nSPS) is 31.3. The quantitative estimate of drug-likeness (QED) is 0.653. The lowest BCUT2D eigenvalue weighted by Crippen LogP contribution is -2.25. The number of rotatable bonds is 3. The van der Waals surface area contributed by atoms with Gasteiger partial charge in [0.25, 0.3) is 0 Å². The van der Waals surface area contributed by atoms with E-state index in [-0.39, 0.29) is 0 Å². The molecule has 1 rings (SSSR count). The van der Waals surface area contributed by atoms with Crippen LogP contribution in [0.25, 0.3) is 0 Å². The van der Waals surface area contributed by atoms with Crippen molar-refractivity contribution in [2.45, 2.75) is 52.9 Å². The van der Waals surface area contributed by atoms with E-state index in [1.807, 2.05) is 0 Å². The van der Waals surface area contributed by atoms with Crippen molar-refractivity contribution in [2.24, 2.45) is 17.8 Å². The van der Waals surface area contributed by atoms with Gasteiger partial charge in [-0.15, -0.1) is 0 Å². The number of ketones is 1. The first kappa shape index (κ1) is 10.7. The van der Waals surface area contributed by atoms with Crippen LogP contribution in [0.4, 0.5) is 0 Å². The molecule has 0 N–H and O–H groups in total. The molecule has 0 aliphatic heterocycles. The number of carbonyl (C=O) groups is 1. The fourth-order valence-corrected chi connectivity index (χ4v) is 2.15. The van der Waals surface area contributed by atoms with Crippen LogP contribution in [-0.2, 0) is 4.79 Å². The maximum Gasteiger partial charge on any atom is 0.138 e. The van der Waals surface area contributed by atoms with Gasteiger partial charge in [-0.25, -0.2) is 0 Å². The summed E-state index contributed by atoms with van der Waals surface area (Å²) in [5.41, 5.74) is 0. The molecule has 0 spiro atoms. The van der Waals surface area contributed by atoms with Crippen molar-refractivity contribution >= 4 is 5.78 Å². The van der Waals surface area contributed by atoms with Crippen molar-refractivity contribution in [2.75, 3.05) is 0 Å². The van der Waals surface area contributed by atoms with Crippen LogP contribution in [0.5, 0.6) is 0 Å². The predicted octanol–water partition coefficient (Wildman–Crippen LogP) is 3.43. The van der Waals surface area contributed by atoms with Gasteiger partial charge in [0.2, 0.25) is 0 Å². The van der Waals surface area contributed by atoms with E-state index in [1.165, 1.54) is 12.8 Å². The molecule has 1 saturated carbocycles. The van der Waals surface area contributed by atoms with Gasteiger partial charge in [0, 0.05) is 11.8 Å². The molecule has 0 aromatic rings. The lowest BCUT2D eigenvalue weighted by Gasteiger charge is -2.26. The standard InChI is InChI=1S/C12H22O/c1-4-10(3)12(13)11-7-5-9(2)6-8-11/h9-11H,4-8H2,1-3H3. The lowest BCUT2D eigenvalue weighted by molar-refractivity contribution is -0.127. The van der Waals surface area contributed by atoms with E-state index in [0.717, 1.165) is 25.2 Å². The van der Waals surface area contributed by atoms with Gasteiger partial charge in [0.15, 0.2) is 0 Å². The van der Waals surface area contributed by atoms with Gasteiger partial charge < -0.3 is 0 Å². The average Bonchev–Trinajstić information content (AvgIpc) is 2.17. The van der Waals surface area contributed by atoms with Crippen LogP contribution in [-0.4, -0.2) is 5.78 Å². The van der Waals surface area contributed by atoms with Gasteiger partial charge in [0.1, 0.15) is 5.78 Å². The van der Waals surface area contributed by atoms with Gasteiger partial charge in [-0.05, 0) is 25.2 Å². The number of carbonyl (C=O) groups excluding carboxylic acids is 1. The van der Waals surface area contributed by atoms with E-state index in [1.54, 1.807) is 0 Å². The van der Waals surface area contributed by atoms with Crippen LogP contribution in [0.2, 0.25) is 0 Å². The predicted molar refractivity (Wildman–Crippen MR) is 55.6 cm³/mol. The molecule has 0 heterocycles. The van der Waals surface area contributed by atoms with Gasteiger partial charge >= 0.3 is 0 Å². The summed E-state index contributed by atoms with van der Waals surface area (Å²) in [6, 6.07) is 0. The number of Topliss-reactive ketones (excluding diaryl/α,β-unsaturated/α-hetero) is 1. The van der Waals surface area contributed by atoms with Crippen LogP contribution >= 0.6 is 0 Å². The summed E-state index contributed by atoms with van der Waals surface area (Å²) >= 11 is 0. The molecule has 1 nitrogen and oxygen atoms in total. The van der Waals surface area contributed by atoms with Crippen LogP contribution < -0.4 is 0 Å². The zero-order chi connectivity index (χ0) is 9.84. The monoisotopic (exact) mass is 182 g/mol. The maximum atomic E-state index is 11.8. The average molecular weight is 182 g/mol. The Morgan fingerprint density at radius 2 is 1.85 bits per heavy atom. The first-order valence-electron chi connectivity index (χ1n) is 5.68. The summed E-state index contributed by atoms with van der Waals surface area (Å²) in [4.78, 5) is 11.8. The molecule has 1 aliphatic carbocycles. The molecule has 0 aromatic heterocycles. The Balaban J connectivity index is 2.40. The summed E-state index contributed by atoms with van der Waals surface area (Å²) < 4.78 is 0. The zero-order valence-corrected chi connectivity index (χ0v) is 9.18. The maximum absolute atomic E-state index is 11.8. The van der Waals surface area contributed by atoms with Crippen molar-refractivity contribution in [3.05, 3.63) is 0 Å². The largest absolute Gasteiger partial charge is 0.299 e. The first-order chi connectivity index (χ1) is 6.15. The molecule has 0 amide bonds. The Kier molecular flexibility index (Phi) is 3.95. The third-order valence-corrected chi connectivity index (χ3v) is 3.52. The lowest BCUT2D eigenvalue weighted by atomic mass is 9.78. The van der Waals surface area contributed by atoms with Gasteiger partial charge in [-0.1, -0.05) is 33.6 Å². The highest BCUT2D eigenvalue weighted by Gasteiger charge is 2.26. The third-order valence-electron chi connectivity index (χ3n) is 3.52. The Labute approximate surface area is 81.9 Å². The highest BCUT2D eigenvalue weighted by molar-refractivity contribution is 5.83. The number of hydrogen-bond acceptors (Lipinski definition) is 1. The molecule has 1 heteroatoms. The van der Waals surface area contributed by atoms with E-state index in [2.05, 4.69) is 20.8 Å². The van der Waals surface area contributed by atoms with Crippen molar-refractivity contribution in [1.29, 1.82) is 0 Å². The molecule has 1 fully saturated rings. The second kappa shape index (κ2) is 4.78. The molecule has 13 heavy (non-hydrogen) atoms. The zero-order valence-electron chi connectivity index (χ0n) is 9.18. The summed E-state index contributed by atoms with van der Waals surface area (Å²) in [5.74, 6) is 2.06. The minimum Gasteiger partial charge on any atom is -0.299 e. The summed E-state index contributed by atoms with van der Waals surface area (Å²) in [7, 11) is 0. The molecular weight excluding hydrogens is 160 g/mol. The van der Waals surface area contributed by atoms with Crippen molar-refractivity contribution < 1.29 is 4.79 Å². The molecule has 0 saturated heterocycles. The molecule has 0 aromatic carbocycles. The Bertz CT molecular complexity index is 166. The molecule has 1 aliphatic rings. The minimum atomic E-state index is 0.290. The smallest absolute Gasteiger partial charge is 0.138 e. The first-order valence-corrected chi connectivity index (χ1v) is 5.68. The molecule has 1 atom stereocenters. The topological polar surface area (TPSA) is 17.1 Å². The molecule has 0 bridgehead atoms. The van der Waals surface area contributed by atoms with E-state index < -0.39 is 0 Å². The van der Waals surface area contributed by atoms with Gasteiger partial charge in [0.05, 0.1) is 0 Å². The number of hydrogen-bond donors (Lipinski definition) is 0. The summed E-state index contributed by atoms with van der Waals surface area (Å²) in [5, 5.41) is 0. The highest BCUT2D eigenvalue weighted by atomic mass is 16.1. The van der Waals surface area contributed by atoms with Crippen LogP contribution in [0.1, 0.15) is 52.9 Å². The molecule has 1 unspecified atom stereocenters. The van der Waals surface area contributed by atoms with Gasteiger partial charge in [-0.2, -0.15) is 0 Å². The SMILES string of the molecule is CCC(C)C(=O)C1CCC(C)CC1. The van der Waals surface area contributed by atoms with Gasteiger partial charge in [-0.3, -0.25) is 4.79 Å². The molecular formula is C12H22O.